The molecule has 3 nitrogen and oxygen atoms in total. The standard InChI is InChI=1S/C14H21NO2S/c1-12(10-17-3)15(2)9-14-8-13(11-18-14)6-4-5-7-16/h8,11-12,16H,5,7,9-10H2,1-3H3. The summed E-state index contributed by atoms with van der Waals surface area (Å²) in [7, 11) is 3.82. The zero-order valence-corrected chi connectivity index (χ0v) is 12.1. The van der Waals surface area contributed by atoms with Gasteiger partial charge in [0.25, 0.3) is 0 Å². The topological polar surface area (TPSA) is 32.7 Å². The minimum Gasteiger partial charge on any atom is -0.395 e. The number of aliphatic hydroxyl groups excluding tert-OH is 1. The fourth-order valence-electron chi connectivity index (χ4n) is 1.52. The number of hydrogen-bond donors (Lipinski definition) is 1. The first kappa shape index (κ1) is 15.2. The van der Waals surface area contributed by atoms with Crippen molar-refractivity contribution >= 4 is 11.3 Å². The van der Waals surface area contributed by atoms with Crippen LogP contribution in [0.4, 0.5) is 0 Å². The number of methoxy groups -OCH3 is 1. The Labute approximate surface area is 113 Å². The van der Waals surface area contributed by atoms with Crippen molar-refractivity contribution in [1.82, 2.24) is 4.90 Å². The number of ether oxygens (including phenoxy) is 1. The second-order valence-corrected chi connectivity index (χ2v) is 5.29. The molecule has 0 saturated carbocycles. The molecule has 0 amide bonds. The van der Waals surface area contributed by atoms with Gasteiger partial charge in [-0.1, -0.05) is 11.8 Å². The van der Waals surface area contributed by atoms with Gasteiger partial charge >= 0.3 is 0 Å². The van der Waals surface area contributed by atoms with Crippen molar-refractivity contribution in [2.75, 3.05) is 27.4 Å². The first-order valence-electron chi connectivity index (χ1n) is 6.03. The van der Waals surface area contributed by atoms with Crippen LogP contribution in [0.1, 0.15) is 23.8 Å². The Bertz CT molecular complexity index is 405. The molecule has 0 spiro atoms. The Morgan fingerprint density at radius 1 is 1.56 bits per heavy atom. The molecule has 1 unspecified atom stereocenters. The predicted octanol–water partition coefficient (Wildman–Crippen LogP) is 1.95. The van der Waals surface area contributed by atoms with E-state index in [1.807, 2.05) is 0 Å². The van der Waals surface area contributed by atoms with Gasteiger partial charge in [0.2, 0.25) is 0 Å². The number of thiophene rings is 1. The van der Waals surface area contributed by atoms with Gasteiger partial charge < -0.3 is 9.84 Å². The summed E-state index contributed by atoms with van der Waals surface area (Å²) in [5.41, 5.74) is 1.04. The Balaban J connectivity index is 2.51. The summed E-state index contributed by atoms with van der Waals surface area (Å²) in [5, 5.41) is 10.7. The molecule has 1 heterocycles. The van der Waals surface area contributed by atoms with E-state index in [0.717, 1.165) is 18.7 Å². The van der Waals surface area contributed by atoms with Crippen LogP contribution in [0.3, 0.4) is 0 Å². The molecule has 100 valence electrons. The van der Waals surface area contributed by atoms with Gasteiger partial charge in [0.05, 0.1) is 13.2 Å². The van der Waals surface area contributed by atoms with E-state index in [1.165, 1.54) is 4.88 Å². The molecule has 18 heavy (non-hydrogen) atoms. The van der Waals surface area contributed by atoms with Crippen molar-refractivity contribution in [2.24, 2.45) is 0 Å². The second kappa shape index (κ2) is 8.28. The summed E-state index contributed by atoms with van der Waals surface area (Å²) in [6.07, 6.45) is 0.538. The fourth-order valence-corrected chi connectivity index (χ4v) is 2.40. The number of rotatable bonds is 6. The summed E-state index contributed by atoms with van der Waals surface area (Å²) in [6, 6.07) is 2.52. The average molecular weight is 267 g/mol. The van der Waals surface area contributed by atoms with Crippen LogP contribution in [0.15, 0.2) is 11.4 Å². The van der Waals surface area contributed by atoms with Crippen molar-refractivity contribution < 1.29 is 9.84 Å². The lowest BCUT2D eigenvalue weighted by molar-refractivity contribution is 0.112. The number of likely N-dealkylation sites (N-methyl/N-ethyl adjacent to an activating group) is 1. The van der Waals surface area contributed by atoms with Gasteiger partial charge in [0.15, 0.2) is 0 Å². The van der Waals surface area contributed by atoms with Gasteiger partial charge in [-0.15, -0.1) is 11.3 Å². The van der Waals surface area contributed by atoms with Crippen LogP contribution < -0.4 is 0 Å². The summed E-state index contributed by atoms with van der Waals surface area (Å²) in [4.78, 5) is 3.56. The van der Waals surface area contributed by atoms with E-state index in [0.29, 0.717) is 12.5 Å². The highest BCUT2D eigenvalue weighted by atomic mass is 32.1. The zero-order valence-electron chi connectivity index (χ0n) is 11.3. The summed E-state index contributed by atoms with van der Waals surface area (Å²) in [5.74, 6) is 5.98. The normalized spacial score (nSPS) is 12.3. The minimum atomic E-state index is 0.126. The molecule has 0 fully saturated rings. The largest absolute Gasteiger partial charge is 0.395 e. The van der Waals surface area contributed by atoms with Crippen LogP contribution in [-0.4, -0.2) is 43.4 Å². The highest BCUT2D eigenvalue weighted by Gasteiger charge is 2.10. The first-order chi connectivity index (χ1) is 8.67. The molecule has 1 aromatic rings. The van der Waals surface area contributed by atoms with E-state index in [9.17, 15) is 0 Å². The van der Waals surface area contributed by atoms with Crippen molar-refractivity contribution in [3.05, 3.63) is 21.9 Å². The van der Waals surface area contributed by atoms with Gasteiger partial charge in [-0.3, -0.25) is 4.90 Å². The second-order valence-electron chi connectivity index (χ2n) is 4.30. The highest BCUT2D eigenvalue weighted by molar-refractivity contribution is 7.10. The molecule has 1 N–H and O–H groups in total. The van der Waals surface area contributed by atoms with Crippen LogP contribution >= 0.6 is 11.3 Å². The molecular formula is C14H21NO2S. The van der Waals surface area contributed by atoms with Gasteiger partial charge in [0, 0.05) is 41.9 Å². The van der Waals surface area contributed by atoms with Crippen LogP contribution in [0.25, 0.3) is 0 Å². The molecule has 0 aliphatic heterocycles. The summed E-state index contributed by atoms with van der Waals surface area (Å²) >= 11 is 1.72. The van der Waals surface area contributed by atoms with E-state index < -0.39 is 0 Å². The van der Waals surface area contributed by atoms with E-state index >= 15 is 0 Å². The number of hydrogen-bond acceptors (Lipinski definition) is 4. The average Bonchev–Trinajstić information content (AvgIpc) is 2.77. The molecule has 1 rings (SSSR count). The molecule has 4 heteroatoms. The van der Waals surface area contributed by atoms with Crippen LogP contribution in [0.5, 0.6) is 0 Å². The van der Waals surface area contributed by atoms with E-state index in [2.05, 4.69) is 42.2 Å². The lowest BCUT2D eigenvalue weighted by Gasteiger charge is -2.23. The monoisotopic (exact) mass is 267 g/mol. The first-order valence-corrected chi connectivity index (χ1v) is 6.91. The van der Waals surface area contributed by atoms with Crippen molar-refractivity contribution in [3.63, 3.8) is 0 Å². The summed E-state index contributed by atoms with van der Waals surface area (Å²) < 4.78 is 5.15. The van der Waals surface area contributed by atoms with Crippen LogP contribution in [-0.2, 0) is 11.3 Å². The molecule has 1 atom stereocenters. The number of aliphatic hydroxyl groups is 1. The molecule has 0 radical (unpaired) electrons. The predicted molar refractivity (Wildman–Crippen MR) is 75.7 cm³/mol. The number of nitrogens with zero attached hydrogens (tertiary/aromatic N) is 1. The van der Waals surface area contributed by atoms with E-state index in [4.69, 9.17) is 9.84 Å². The molecule has 0 aliphatic carbocycles. The fraction of sp³-hybridized carbons (Fsp3) is 0.571. The highest BCUT2D eigenvalue weighted by Crippen LogP contribution is 2.16. The molecule has 0 aliphatic rings. The SMILES string of the molecule is COCC(C)N(C)Cc1cc(C#CCCO)cs1. The van der Waals surface area contributed by atoms with Crippen LogP contribution in [0.2, 0.25) is 0 Å². The minimum absolute atomic E-state index is 0.126. The molecular weight excluding hydrogens is 246 g/mol. The lowest BCUT2D eigenvalue weighted by atomic mass is 10.2. The van der Waals surface area contributed by atoms with Crippen molar-refractivity contribution in [3.8, 4) is 11.8 Å². The molecule has 0 bridgehead atoms. The van der Waals surface area contributed by atoms with Gasteiger partial charge in [-0.2, -0.15) is 0 Å². The third kappa shape index (κ3) is 5.19. The van der Waals surface area contributed by atoms with Gasteiger partial charge in [-0.25, -0.2) is 0 Å². The Morgan fingerprint density at radius 2 is 2.33 bits per heavy atom. The third-order valence-electron chi connectivity index (χ3n) is 2.69. The molecule has 0 saturated heterocycles. The maximum atomic E-state index is 8.66. The van der Waals surface area contributed by atoms with Crippen LogP contribution in [0, 0.1) is 11.8 Å². The van der Waals surface area contributed by atoms with E-state index in [-0.39, 0.29) is 6.61 Å². The third-order valence-corrected chi connectivity index (χ3v) is 3.61. The molecule has 1 aromatic heterocycles. The zero-order chi connectivity index (χ0) is 13.4. The maximum absolute atomic E-state index is 8.66. The summed E-state index contributed by atoms with van der Waals surface area (Å²) in [6.45, 7) is 3.93. The van der Waals surface area contributed by atoms with Gasteiger partial charge in [0.1, 0.15) is 0 Å². The lowest BCUT2D eigenvalue weighted by Crippen LogP contribution is -2.31. The Kier molecular flexibility index (Phi) is 6.99. The van der Waals surface area contributed by atoms with Crippen molar-refractivity contribution in [1.29, 1.82) is 0 Å². The Hall–Kier alpha value is -0.860. The quantitative estimate of drug-likeness (QED) is 0.800. The maximum Gasteiger partial charge on any atom is 0.0615 e. The van der Waals surface area contributed by atoms with E-state index in [1.54, 1.807) is 18.4 Å². The van der Waals surface area contributed by atoms with Crippen molar-refractivity contribution in [2.45, 2.75) is 25.9 Å². The van der Waals surface area contributed by atoms with Gasteiger partial charge in [-0.05, 0) is 20.0 Å². The Morgan fingerprint density at radius 3 is 3.00 bits per heavy atom. The molecule has 0 aromatic carbocycles. The smallest absolute Gasteiger partial charge is 0.0615 e.